The van der Waals surface area contributed by atoms with Gasteiger partial charge in [-0.3, -0.25) is 4.79 Å². The number of carbonyl (C=O) groups is 1. The molecule has 2 aliphatic heterocycles. The molecule has 0 aromatic heterocycles. The van der Waals surface area contributed by atoms with Crippen LogP contribution in [0, 0.1) is 0 Å². The fraction of sp³-hybridized carbons (Fsp3) is 0.562. The van der Waals surface area contributed by atoms with Gasteiger partial charge in [0, 0.05) is 25.4 Å². The van der Waals surface area contributed by atoms with E-state index in [9.17, 15) is 13.2 Å². The quantitative estimate of drug-likeness (QED) is 0.802. The van der Waals surface area contributed by atoms with Gasteiger partial charge in [0.15, 0.2) is 0 Å². The number of nitrogens with one attached hydrogen (secondary N) is 2. The predicted octanol–water partition coefficient (Wildman–Crippen LogP) is 1.26. The van der Waals surface area contributed by atoms with Gasteiger partial charge in [-0.25, -0.2) is 13.1 Å². The number of rotatable bonds is 6. The summed E-state index contributed by atoms with van der Waals surface area (Å²) in [5, 5.41) is 2.74. The van der Waals surface area contributed by atoms with E-state index in [-0.39, 0.29) is 23.5 Å². The Labute approximate surface area is 141 Å². The summed E-state index contributed by atoms with van der Waals surface area (Å²) in [4.78, 5) is 12.1. The maximum absolute atomic E-state index is 12.3. The van der Waals surface area contributed by atoms with Crippen LogP contribution in [0.3, 0.4) is 0 Å². The molecule has 2 heterocycles. The van der Waals surface area contributed by atoms with Crippen LogP contribution in [-0.4, -0.2) is 46.3 Å². The summed E-state index contributed by atoms with van der Waals surface area (Å²) in [5.74, 6) is -0.195. The smallest absolute Gasteiger partial charge is 0.253 e. The Morgan fingerprint density at radius 1 is 1.08 bits per heavy atom. The van der Waals surface area contributed by atoms with Crippen molar-refractivity contribution in [3.63, 3.8) is 0 Å². The minimum absolute atomic E-state index is 0.0512. The van der Waals surface area contributed by atoms with E-state index in [4.69, 9.17) is 9.47 Å². The standard InChI is InChI=1S/C16H22N2O5S/c19-16(15-4-2-10-23-15)18-12-5-7-14(8-6-12)24(20,21)17-11-13-3-1-9-22-13/h5-8,13,15,17H,1-4,9-11H2,(H,18,19)/t13-,15+/m0/s1. The number of amides is 1. The molecule has 0 radical (unpaired) electrons. The number of sulfonamides is 1. The van der Waals surface area contributed by atoms with Gasteiger partial charge in [0.25, 0.3) is 5.91 Å². The second kappa shape index (κ2) is 7.60. The predicted molar refractivity (Wildman–Crippen MR) is 88.2 cm³/mol. The van der Waals surface area contributed by atoms with Crippen molar-refractivity contribution in [1.29, 1.82) is 0 Å². The monoisotopic (exact) mass is 354 g/mol. The first kappa shape index (κ1) is 17.3. The summed E-state index contributed by atoms with van der Waals surface area (Å²) in [5.41, 5.74) is 0.550. The van der Waals surface area contributed by atoms with Crippen LogP contribution in [0.1, 0.15) is 25.7 Å². The lowest BCUT2D eigenvalue weighted by Crippen LogP contribution is -2.31. The molecular weight excluding hydrogens is 332 g/mol. The zero-order valence-electron chi connectivity index (χ0n) is 13.4. The number of hydrogen-bond donors (Lipinski definition) is 2. The molecule has 1 aromatic carbocycles. The van der Waals surface area contributed by atoms with Crippen LogP contribution >= 0.6 is 0 Å². The molecule has 7 nitrogen and oxygen atoms in total. The highest BCUT2D eigenvalue weighted by molar-refractivity contribution is 7.89. The van der Waals surface area contributed by atoms with Crippen molar-refractivity contribution in [1.82, 2.24) is 4.72 Å². The molecule has 0 saturated carbocycles. The zero-order valence-corrected chi connectivity index (χ0v) is 14.2. The largest absolute Gasteiger partial charge is 0.377 e. The first-order valence-electron chi connectivity index (χ1n) is 8.18. The van der Waals surface area contributed by atoms with Gasteiger partial charge in [-0.15, -0.1) is 0 Å². The van der Waals surface area contributed by atoms with Gasteiger partial charge >= 0.3 is 0 Å². The van der Waals surface area contributed by atoms with Crippen molar-refractivity contribution in [2.24, 2.45) is 0 Å². The zero-order chi connectivity index (χ0) is 17.0. The van der Waals surface area contributed by atoms with E-state index in [1.54, 1.807) is 12.1 Å². The summed E-state index contributed by atoms with van der Waals surface area (Å²) in [6, 6.07) is 6.10. The van der Waals surface area contributed by atoms with Gasteiger partial charge in [0.1, 0.15) is 6.10 Å². The van der Waals surface area contributed by atoms with Crippen molar-refractivity contribution >= 4 is 21.6 Å². The minimum atomic E-state index is -3.58. The normalized spacial score (nSPS) is 24.2. The topological polar surface area (TPSA) is 93.7 Å². The second-order valence-electron chi connectivity index (χ2n) is 6.00. The van der Waals surface area contributed by atoms with E-state index in [0.29, 0.717) is 25.3 Å². The Kier molecular flexibility index (Phi) is 5.50. The molecule has 1 aromatic rings. The molecule has 0 spiro atoms. The van der Waals surface area contributed by atoms with E-state index >= 15 is 0 Å². The Hall–Kier alpha value is -1.48. The third kappa shape index (κ3) is 4.32. The molecule has 2 atom stereocenters. The van der Waals surface area contributed by atoms with Crippen LogP contribution in [0.5, 0.6) is 0 Å². The summed E-state index contributed by atoms with van der Waals surface area (Å²) in [6.45, 7) is 1.57. The second-order valence-corrected chi connectivity index (χ2v) is 7.77. The van der Waals surface area contributed by atoms with Crippen LogP contribution in [0.15, 0.2) is 29.2 Å². The molecule has 0 aliphatic carbocycles. The van der Waals surface area contributed by atoms with Crippen molar-refractivity contribution in [2.45, 2.75) is 42.8 Å². The fourth-order valence-electron chi connectivity index (χ4n) is 2.82. The van der Waals surface area contributed by atoms with Gasteiger partial charge in [-0.05, 0) is 49.9 Å². The van der Waals surface area contributed by atoms with Crippen molar-refractivity contribution in [3.8, 4) is 0 Å². The third-order valence-electron chi connectivity index (χ3n) is 4.18. The van der Waals surface area contributed by atoms with E-state index in [2.05, 4.69) is 10.0 Å². The molecule has 1 amide bonds. The van der Waals surface area contributed by atoms with Crippen LogP contribution < -0.4 is 10.0 Å². The van der Waals surface area contributed by atoms with E-state index < -0.39 is 16.1 Å². The molecule has 0 unspecified atom stereocenters. The van der Waals surface area contributed by atoms with Gasteiger partial charge in [0.05, 0.1) is 11.0 Å². The highest BCUT2D eigenvalue weighted by Gasteiger charge is 2.24. The Bertz CT molecular complexity index is 662. The van der Waals surface area contributed by atoms with E-state index in [1.165, 1.54) is 12.1 Å². The molecule has 24 heavy (non-hydrogen) atoms. The Balaban J connectivity index is 1.57. The molecule has 2 fully saturated rings. The number of benzene rings is 1. The fourth-order valence-corrected chi connectivity index (χ4v) is 3.88. The molecule has 3 rings (SSSR count). The van der Waals surface area contributed by atoms with E-state index in [1.807, 2.05) is 0 Å². The average Bonchev–Trinajstić information content (AvgIpc) is 3.27. The molecule has 2 saturated heterocycles. The maximum atomic E-state index is 12.3. The summed E-state index contributed by atoms with van der Waals surface area (Å²) in [6.07, 6.45) is 2.96. The van der Waals surface area contributed by atoms with Crippen LogP contribution in [0.4, 0.5) is 5.69 Å². The third-order valence-corrected chi connectivity index (χ3v) is 5.62. The average molecular weight is 354 g/mol. The van der Waals surface area contributed by atoms with Crippen LogP contribution in [-0.2, 0) is 24.3 Å². The van der Waals surface area contributed by atoms with Gasteiger partial charge in [-0.2, -0.15) is 0 Å². The molecule has 2 N–H and O–H groups in total. The summed E-state index contributed by atoms with van der Waals surface area (Å²) in [7, 11) is -3.58. The van der Waals surface area contributed by atoms with Crippen LogP contribution in [0.2, 0.25) is 0 Å². The highest BCUT2D eigenvalue weighted by atomic mass is 32.2. The first-order valence-corrected chi connectivity index (χ1v) is 9.67. The van der Waals surface area contributed by atoms with Crippen molar-refractivity contribution in [3.05, 3.63) is 24.3 Å². The number of anilines is 1. The summed E-state index contributed by atoms with van der Waals surface area (Å²) >= 11 is 0. The SMILES string of the molecule is O=C(Nc1ccc(S(=O)(=O)NC[C@@H]2CCCO2)cc1)[C@H]1CCCO1. The lowest BCUT2D eigenvalue weighted by molar-refractivity contribution is -0.124. The lowest BCUT2D eigenvalue weighted by atomic mass is 10.2. The number of carbonyl (C=O) groups excluding carboxylic acids is 1. The number of ether oxygens (including phenoxy) is 2. The van der Waals surface area contributed by atoms with Crippen molar-refractivity contribution < 1.29 is 22.7 Å². The Morgan fingerprint density at radius 2 is 1.79 bits per heavy atom. The van der Waals surface area contributed by atoms with E-state index in [0.717, 1.165) is 19.3 Å². The molecule has 2 aliphatic rings. The number of hydrogen-bond acceptors (Lipinski definition) is 5. The van der Waals surface area contributed by atoms with Gasteiger partial charge in [0.2, 0.25) is 10.0 Å². The maximum Gasteiger partial charge on any atom is 0.253 e. The Morgan fingerprint density at radius 3 is 2.42 bits per heavy atom. The van der Waals surface area contributed by atoms with Crippen LogP contribution in [0.25, 0.3) is 0 Å². The molecule has 0 bridgehead atoms. The molecular formula is C16H22N2O5S. The molecule has 8 heteroatoms. The minimum Gasteiger partial charge on any atom is -0.377 e. The summed E-state index contributed by atoms with van der Waals surface area (Å²) < 4.78 is 37.8. The highest BCUT2D eigenvalue weighted by Crippen LogP contribution is 2.18. The first-order chi connectivity index (χ1) is 11.5. The molecule has 132 valence electrons. The lowest BCUT2D eigenvalue weighted by Gasteiger charge is -2.13. The van der Waals surface area contributed by atoms with Gasteiger partial charge < -0.3 is 14.8 Å². The van der Waals surface area contributed by atoms with Gasteiger partial charge in [-0.1, -0.05) is 0 Å². The van der Waals surface area contributed by atoms with Crippen molar-refractivity contribution in [2.75, 3.05) is 25.1 Å².